The Balaban J connectivity index is 2.62. The summed E-state index contributed by atoms with van der Waals surface area (Å²) in [5.74, 6) is 1.06. The van der Waals surface area contributed by atoms with Crippen LogP contribution < -0.4 is 5.73 Å². The highest BCUT2D eigenvalue weighted by Gasteiger charge is 2.15. The number of nitrogens with two attached hydrogens (primary N) is 1. The largest absolute Gasteiger partial charge is 0.389 e. The molecule has 2 atom stereocenters. The first-order valence-electron chi connectivity index (χ1n) is 6.22. The van der Waals surface area contributed by atoms with Crippen LogP contribution in [0.5, 0.6) is 0 Å². The molecule has 0 amide bonds. The topological polar surface area (TPSA) is 49.5 Å². The molecule has 2 unspecified atom stereocenters. The zero-order chi connectivity index (χ0) is 14.4. The van der Waals surface area contributed by atoms with Gasteiger partial charge in [-0.15, -0.1) is 0 Å². The van der Waals surface area contributed by atoms with Gasteiger partial charge in [-0.25, -0.2) is 0 Å². The van der Waals surface area contributed by atoms with E-state index in [9.17, 15) is 5.11 Å². The lowest BCUT2D eigenvalue weighted by atomic mass is 10.1. The summed E-state index contributed by atoms with van der Waals surface area (Å²) in [5, 5.41) is 10.2. The molecule has 0 aliphatic rings. The van der Waals surface area contributed by atoms with Crippen LogP contribution in [-0.4, -0.2) is 46.6 Å². The van der Waals surface area contributed by atoms with Crippen LogP contribution in [0.4, 0.5) is 0 Å². The van der Waals surface area contributed by atoms with Crippen molar-refractivity contribution in [2.45, 2.75) is 19.1 Å². The molecule has 0 aliphatic heterocycles. The molecule has 0 bridgehead atoms. The van der Waals surface area contributed by atoms with E-state index in [1.807, 2.05) is 43.1 Å². The van der Waals surface area contributed by atoms with Crippen LogP contribution in [0.1, 0.15) is 24.2 Å². The molecule has 0 saturated heterocycles. The smallest absolute Gasteiger partial charge is 0.103 e. The van der Waals surface area contributed by atoms with Gasteiger partial charge in [0, 0.05) is 23.9 Å². The Bertz CT molecular complexity index is 408. The van der Waals surface area contributed by atoms with Crippen molar-refractivity contribution in [1.82, 2.24) is 4.90 Å². The van der Waals surface area contributed by atoms with Crippen molar-refractivity contribution in [2.24, 2.45) is 5.73 Å². The molecular weight excluding hydrogens is 276 g/mol. The van der Waals surface area contributed by atoms with E-state index in [2.05, 4.69) is 18.1 Å². The number of hydrogen-bond donors (Lipinski definition) is 2. The minimum Gasteiger partial charge on any atom is -0.389 e. The number of rotatable bonds is 7. The van der Waals surface area contributed by atoms with Gasteiger partial charge in [-0.1, -0.05) is 36.5 Å². The van der Waals surface area contributed by atoms with Gasteiger partial charge in [0.2, 0.25) is 0 Å². The third-order valence-corrected chi connectivity index (χ3v) is 4.25. The summed E-state index contributed by atoms with van der Waals surface area (Å²) in [5.41, 5.74) is 7.27. The third-order valence-electron chi connectivity index (χ3n) is 3.20. The molecule has 0 radical (unpaired) electrons. The van der Waals surface area contributed by atoms with E-state index in [0.717, 1.165) is 16.9 Å². The molecule has 1 rings (SSSR count). The highest BCUT2D eigenvalue weighted by atomic mass is 32.2. The summed E-state index contributed by atoms with van der Waals surface area (Å²) in [7, 11) is 2.04. The SMILES string of the molecule is CSCC(C)N(C)CC(O)c1ccc(C(N)=S)cc1. The Morgan fingerprint density at radius 1 is 1.42 bits per heavy atom. The molecule has 3 nitrogen and oxygen atoms in total. The summed E-state index contributed by atoms with van der Waals surface area (Å²) in [6.45, 7) is 2.79. The standard InChI is InChI=1S/C14H22N2OS2/c1-10(9-19-3)16(2)8-13(17)11-4-6-12(7-5-11)14(15)18/h4-7,10,13,17H,8-9H2,1-3H3,(H2,15,18). The van der Waals surface area contributed by atoms with Crippen LogP contribution in [0.2, 0.25) is 0 Å². The van der Waals surface area contributed by atoms with Gasteiger partial charge < -0.3 is 10.8 Å². The number of likely N-dealkylation sites (N-methyl/N-ethyl adjacent to an activating group) is 1. The summed E-state index contributed by atoms with van der Waals surface area (Å²) < 4.78 is 0. The van der Waals surface area contributed by atoms with Gasteiger partial charge >= 0.3 is 0 Å². The van der Waals surface area contributed by atoms with Gasteiger partial charge in [-0.3, -0.25) is 4.90 Å². The van der Waals surface area contributed by atoms with Gasteiger partial charge in [0.1, 0.15) is 4.99 Å². The fraction of sp³-hybridized carbons (Fsp3) is 0.500. The predicted molar refractivity (Wildman–Crippen MR) is 87.8 cm³/mol. The number of hydrogen-bond acceptors (Lipinski definition) is 4. The van der Waals surface area contributed by atoms with Gasteiger partial charge in [0.05, 0.1) is 6.10 Å². The van der Waals surface area contributed by atoms with Gasteiger partial charge in [-0.05, 0) is 25.8 Å². The van der Waals surface area contributed by atoms with Crippen molar-refractivity contribution < 1.29 is 5.11 Å². The first-order valence-corrected chi connectivity index (χ1v) is 8.03. The highest BCUT2D eigenvalue weighted by Crippen LogP contribution is 2.16. The lowest BCUT2D eigenvalue weighted by molar-refractivity contribution is 0.113. The Labute approximate surface area is 125 Å². The van der Waals surface area contributed by atoms with Crippen LogP contribution in [-0.2, 0) is 0 Å². The van der Waals surface area contributed by atoms with Crippen molar-refractivity contribution >= 4 is 29.0 Å². The van der Waals surface area contributed by atoms with Gasteiger partial charge in [0.25, 0.3) is 0 Å². The fourth-order valence-electron chi connectivity index (χ4n) is 1.80. The van der Waals surface area contributed by atoms with E-state index in [-0.39, 0.29) is 0 Å². The van der Waals surface area contributed by atoms with Crippen molar-refractivity contribution in [3.8, 4) is 0 Å². The normalized spacial score (nSPS) is 14.4. The molecule has 0 fully saturated rings. The molecule has 1 aromatic rings. The minimum absolute atomic E-state index is 0.381. The molecule has 3 N–H and O–H groups in total. The van der Waals surface area contributed by atoms with Crippen LogP contribution in [0.15, 0.2) is 24.3 Å². The fourth-order valence-corrected chi connectivity index (χ4v) is 2.67. The maximum absolute atomic E-state index is 10.2. The second-order valence-corrected chi connectivity index (χ2v) is 6.10. The molecule has 106 valence electrons. The summed E-state index contributed by atoms with van der Waals surface area (Å²) >= 11 is 6.72. The summed E-state index contributed by atoms with van der Waals surface area (Å²) in [6, 6.07) is 7.91. The maximum atomic E-state index is 10.2. The third kappa shape index (κ3) is 5.10. The zero-order valence-corrected chi connectivity index (χ0v) is 13.3. The Morgan fingerprint density at radius 2 is 2.00 bits per heavy atom. The number of nitrogens with zero attached hydrogens (tertiary/aromatic N) is 1. The quantitative estimate of drug-likeness (QED) is 0.755. The Hall–Kier alpha value is -0.620. The van der Waals surface area contributed by atoms with Crippen molar-refractivity contribution in [1.29, 1.82) is 0 Å². The van der Waals surface area contributed by atoms with Crippen LogP contribution >= 0.6 is 24.0 Å². The average Bonchev–Trinajstić information content (AvgIpc) is 2.38. The van der Waals surface area contributed by atoms with Gasteiger partial charge in [-0.2, -0.15) is 11.8 Å². The second kappa shape index (κ2) is 7.85. The summed E-state index contributed by atoms with van der Waals surface area (Å²) in [6.07, 6.45) is 1.60. The van der Waals surface area contributed by atoms with Crippen molar-refractivity contribution in [3.05, 3.63) is 35.4 Å². The molecular formula is C14H22N2OS2. The van der Waals surface area contributed by atoms with E-state index < -0.39 is 6.10 Å². The highest BCUT2D eigenvalue weighted by molar-refractivity contribution is 7.98. The lowest BCUT2D eigenvalue weighted by Gasteiger charge is -2.26. The van der Waals surface area contributed by atoms with Crippen molar-refractivity contribution in [3.63, 3.8) is 0 Å². The molecule has 0 saturated carbocycles. The second-order valence-electron chi connectivity index (χ2n) is 4.75. The van der Waals surface area contributed by atoms with Gasteiger partial charge in [0.15, 0.2) is 0 Å². The zero-order valence-electron chi connectivity index (χ0n) is 11.7. The van der Waals surface area contributed by atoms with E-state index in [0.29, 0.717) is 17.6 Å². The maximum Gasteiger partial charge on any atom is 0.103 e. The molecule has 0 heterocycles. The molecule has 5 heteroatoms. The summed E-state index contributed by atoms with van der Waals surface area (Å²) in [4.78, 5) is 2.55. The van der Waals surface area contributed by atoms with E-state index in [1.54, 1.807) is 0 Å². The molecule has 0 aromatic heterocycles. The Kier molecular flexibility index (Phi) is 6.79. The first kappa shape index (κ1) is 16.4. The number of aliphatic hydroxyl groups excluding tert-OH is 1. The number of thiocarbonyl (C=S) groups is 1. The monoisotopic (exact) mass is 298 g/mol. The minimum atomic E-state index is -0.491. The van der Waals surface area contributed by atoms with E-state index in [4.69, 9.17) is 18.0 Å². The number of benzene rings is 1. The molecule has 19 heavy (non-hydrogen) atoms. The van der Waals surface area contributed by atoms with E-state index >= 15 is 0 Å². The molecule has 0 aliphatic carbocycles. The predicted octanol–water partition coefficient (Wildman–Crippen LogP) is 2.04. The average molecular weight is 298 g/mol. The Morgan fingerprint density at radius 3 is 2.47 bits per heavy atom. The molecule has 1 aromatic carbocycles. The number of aliphatic hydroxyl groups is 1. The lowest BCUT2D eigenvalue weighted by Crippen LogP contribution is -2.34. The van der Waals surface area contributed by atoms with Crippen LogP contribution in [0, 0.1) is 0 Å². The molecule has 0 spiro atoms. The van der Waals surface area contributed by atoms with Crippen molar-refractivity contribution in [2.75, 3.05) is 25.6 Å². The first-order chi connectivity index (χ1) is 8.95. The van der Waals surface area contributed by atoms with Crippen LogP contribution in [0.25, 0.3) is 0 Å². The number of thioether (sulfide) groups is 1. The van der Waals surface area contributed by atoms with E-state index in [1.165, 1.54) is 0 Å². The van der Waals surface area contributed by atoms with Crippen LogP contribution in [0.3, 0.4) is 0 Å².